The van der Waals surface area contributed by atoms with Gasteiger partial charge >= 0.3 is 0 Å². The largest absolute Gasteiger partial charge is 0.373 e. The van der Waals surface area contributed by atoms with Crippen LogP contribution in [0.3, 0.4) is 0 Å². The molecule has 0 spiro atoms. The van der Waals surface area contributed by atoms with Crippen molar-refractivity contribution >= 4 is 29.9 Å². The van der Waals surface area contributed by atoms with Gasteiger partial charge in [-0.2, -0.15) is 0 Å². The molecule has 2 aliphatic rings. The van der Waals surface area contributed by atoms with Gasteiger partial charge in [-0.15, -0.1) is 24.0 Å². The van der Waals surface area contributed by atoms with Crippen LogP contribution < -0.4 is 10.6 Å². The Morgan fingerprint density at radius 2 is 1.73 bits per heavy atom. The first-order chi connectivity index (χ1) is 12.1. The van der Waals surface area contributed by atoms with E-state index in [2.05, 4.69) is 60.6 Å². The summed E-state index contributed by atoms with van der Waals surface area (Å²) in [4.78, 5) is 7.18. The lowest BCUT2D eigenvalue weighted by molar-refractivity contribution is -0.0704. The highest BCUT2D eigenvalue weighted by atomic mass is 127. The smallest absolute Gasteiger partial charge is 0.191 e. The first-order valence-corrected chi connectivity index (χ1v) is 9.63. The lowest BCUT2D eigenvalue weighted by atomic mass is 10.1. The number of halogens is 1. The lowest BCUT2D eigenvalue weighted by Crippen LogP contribution is -2.44. The van der Waals surface area contributed by atoms with Crippen LogP contribution in [0.5, 0.6) is 0 Å². The Labute approximate surface area is 175 Å². The van der Waals surface area contributed by atoms with Crippen LogP contribution in [0.15, 0.2) is 29.3 Å². The van der Waals surface area contributed by atoms with Crippen molar-refractivity contribution in [1.29, 1.82) is 0 Å². The molecule has 1 aliphatic carbocycles. The van der Waals surface area contributed by atoms with Crippen LogP contribution in [-0.4, -0.2) is 48.7 Å². The molecule has 0 bridgehead atoms. The molecule has 1 aromatic carbocycles. The van der Waals surface area contributed by atoms with E-state index in [0.717, 1.165) is 32.1 Å². The summed E-state index contributed by atoms with van der Waals surface area (Å²) in [7, 11) is 0. The summed E-state index contributed by atoms with van der Waals surface area (Å²) >= 11 is 0. The first kappa shape index (κ1) is 21.4. The second-order valence-electron chi connectivity index (χ2n) is 7.38. The maximum atomic E-state index is 5.81. The third-order valence-corrected chi connectivity index (χ3v) is 4.61. The highest BCUT2D eigenvalue weighted by Gasteiger charge is 2.22. The Balaban J connectivity index is 0.00000243. The monoisotopic (exact) mass is 472 g/mol. The van der Waals surface area contributed by atoms with Crippen LogP contribution in [0.4, 0.5) is 0 Å². The van der Waals surface area contributed by atoms with Gasteiger partial charge in [0.05, 0.1) is 18.8 Å². The molecule has 0 amide bonds. The fourth-order valence-corrected chi connectivity index (χ4v) is 3.33. The van der Waals surface area contributed by atoms with Gasteiger partial charge < -0.3 is 15.4 Å². The van der Waals surface area contributed by atoms with Gasteiger partial charge in [0, 0.05) is 32.2 Å². The van der Waals surface area contributed by atoms with Crippen LogP contribution in [0.2, 0.25) is 0 Å². The summed E-state index contributed by atoms with van der Waals surface area (Å²) in [5.41, 5.74) is 2.61. The minimum atomic E-state index is 0. The van der Waals surface area contributed by atoms with Crippen molar-refractivity contribution in [1.82, 2.24) is 15.5 Å². The molecule has 2 N–H and O–H groups in total. The Kier molecular flexibility index (Phi) is 8.63. The van der Waals surface area contributed by atoms with E-state index in [-0.39, 0.29) is 24.0 Å². The van der Waals surface area contributed by atoms with E-state index in [1.54, 1.807) is 0 Å². The minimum absolute atomic E-state index is 0. The molecule has 6 heteroatoms. The summed E-state index contributed by atoms with van der Waals surface area (Å²) in [6.45, 7) is 11.0. The van der Waals surface area contributed by atoms with Gasteiger partial charge in [0.25, 0.3) is 0 Å². The second kappa shape index (κ2) is 10.5. The normalized spacial score (nSPS) is 24.0. The van der Waals surface area contributed by atoms with Crippen LogP contribution in [0, 0.1) is 0 Å². The third kappa shape index (κ3) is 7.04. The molecule has 1 saturated carbocycles. The lowest BCUT2D eigenvalue weighted by Gasteiger charge is -2.35. The van der Waals surface area contributed by atoms with Gasteiger partial charge in [0.15, 0.2) is 5.96 Å². The van der Waals surface area contributed by atoms with E-state index in [1.807, 2.05) is 0 Å². The van der Waals surface area contributed by atoms with Crippen LogP contribution in [0.1, 0.15) is 44.7 Å². The molecular weight excluding hydrogens is 439 g/mol. The van der Waals surface area contributed by atoms with Gasteiger partial charge in [-0.3, -0.25) is 4.90 Å². The van der Waals surface area contributed by atoms with Crippen LogP contribution in [-0.2, 0) is 17.8 Å². The summed E-state index contributed by atoms with van der Waals surface area (Å²) in [5.74, 6) is 0.936. The molecule has 2 unspecified atom stereocenters. The zero-order valence-corrected chi connectivity index (χ0v) is 18.5. The number of ether oxygens (including phenoxy) is 1. The summed E-state index contributed by atoms with van der Waals surface area (Å²) < 4.78 is 5.81. The average molecular weight is 472 g/mol. The Morgan fingerprint density at radius 1 is 1.12 bits per heavy atom. The molecule has 1 aliphatic heterocycles. The number of hydrogen-bond donors (Lipinski definition) is 2. The Bertz CT molecular complexity index is 564. The van der Waals surface area contributed by atoms with E-state index in [9.17, 15) is 0 Å². The summed E-state index contributed by atoms with van der Waals surface area (Å²) in [5, 5.41) is 6.77. The molecule has 0 radical (unpaired) electrons. The van der Waals surface area contributed by atoms with Crippen molar-refractivity contribution < 1.29 is 4.74 Å². The van der Waals surface area contributed by atoms with Crippen molar-refractivity contribution in [3.63, 3.8) is 0 Å². The molecule has 5 nitrogen and oxygen atoms in total. The van der Waals surface area contributed by atoms with Crippen LogP contribution in [0.25, 0.3) is 0 Å². The van der Waals surface area contributed by atoms with Gasteiger partial charge in [-0.05, 0) is 44.7 Å². The van der Waals surface area contributed by atoms with E-state index in [1.165, 1.54) is 24.0 Å². The van der Waals surface area contributed by atoms with E-state index in [4.69, 9.17) is 9.73 Å². The molecular formula is C20H33IN4O. The highest BCUT2D eigenvalue weighted by Crippen LogP contribution is 2.18. The molecule has 1 saturated heterocycles. The zero-order chi connectivity index (χ0) is 17.6. The zero-order valence-electron chi connectivity index (χ0n) is 16.2. The SMILES string of the molecule is CCNC(=NCc1ccc(CN2CC(C)OC(C)C2)cc1)NC1CC1.I. The third-order valence-electron chi connectivity index (χ3n) is 4.61. The number of morpholine rings is 1. The first-order valence-electron chi connectivity index (χ1n) is 9.63. The Hall–Kier alpha value is -0.860. The maximum absolute atomic E-state index is 5.81. The standard InChI is InChI=1S/C20H32N4O.HI/c1-4-21-20(23-19-9-10-19)22-11-17-5-7-18(8-6-17)14-24-12-15(2)25-16(3)13-24;/h5-8,15-16,19H,4,9-14H2,1-3H3,(H2,21,22,23);1H. The van der Waals surface area contributed by atoms with Crippen molar-refractivity contribution in [2.75, 3.05) is 19.6 Å². The van der Waals surface area contributed by atoms with E-state index < -0.39 is 0 Å². The molecule has 1 aromatic rings. The number of guanidine groups is 1. The van der Waals surface area contributed by atoms with Crippen molar-refractivity contribution in [2.45, 2.75) is 65.0 Å². The van der Waals surface area contributed by atoms with Gasteiger partial charge in [-0.1, -0.05) is 24.3 Å². The molecule has 0 aromatic heterocycles. The Morgan fingerprint density at radius 3 is 2.31 bits per heavy atom. The van der Waals surface area contributed by atoms with E-state index >= 15 is 0 Å². The van der Waals surface area contributed by atoms with Gasteiger partial charge in [0.1, 0.15) is 0 Å². The molecule has 1 heterocycles. The van der Waals surface area contributed by atoms with Crippen molar-refractivity contribution in [2.24, 2.45) is 4.99 Å². The van der Waals surface area contributed by atoms with E-state index in [0.29, 0.717) is 24.8 Å². The second-order valence-corrected chi connectivity index (χ2v) is 7.38. The van der Waals surface area contributed by atoms with Gasteiger partial charge in [-0.25, -0.2) is 4.99 Å². The number of benzene rings is 1. The molecule has 3 rings (SSSR count). The highest BCUT2D eigenvalue weighted by molar-refractivity contribution is 14.0. The fourth-order valence-electron chi connectivity index (χ4n) is 3.33. The van der Waals surface area contributed by atoms with Gasteiger partial charge in [0.2, 0.25) is 0 Å². The topological polar surface area (TPSA) is 48.9 Å². The maximum Gasteiger partial charge on any atom is 0.191 e. The molecule has 26 heavy (non-hydrogen) atoms. The molecule has 2 atom stereocenters. The predicted octanol–water partition coefficient (Wildman–Crippen LogP) is 3.13. The fraction of sp³-hybridized carbons (Fsp3) is 0.650. The number of nitrogens with zero attached hydrogens (tertiary/aromatic N) is 2. The minimum Gasteiger partial charge on any atom is -0.373 e. The molecule has 146 valence electrons. The number of rotatable bonds is 6. The quantitative estimate of drug-likeness (QED) is 0.380. The average Bonchev–Trinajstić information content (AvgIpc) is 3.37. The molecule has 2 fully saturated rings. The van der Waals surface area contributed by atoms with Crippen molar-refractivity contribution in [3.8, 4) is 0 Å². The predicted molar refractivity (Wildman–Crippen MR) is 118 cm³/mol. The number of aliphatic imine (C=N–C) groups is 1. The summed E-state index contributed by atoms with van der Waals surface area (Å²) in [6.07, 6.45) is 3.16. The summed E-state index contributed by atoms with van der Waals surface area (Å²) in [6, 6.07) is 9.49. The van der Waals surface area contributed by atoms with Crippen LogP contribution >= 0.6 is 24.0 Å². The number of nitrogens with one attached hydrogen (secondary N) is 2. The van der Waals surface area contributed by atoms with Crippen molar-refractivity contribution in [3.05, 3.63) is 35.4 Å². The number of hydrogen-bond acceptors (Lipinski definition) is 3.